The van der Waals surface area contributed by atoms with E-state index in [4.69, 9.17) is 5.73 Å². The average molecular weight is 233 g/mol. The number of nitrogens with zero attached hydrogens (tertiary/aromatic N) is 1. The molecule has 5 heteroatoms. The van der Waals surface area contributed by atoms with Crippen LogP contribution in [0.5, 0.6) is 0 Å². The number of carbonyl (C=O) groups excluding carboxylic acids is 2. The second-order valence-electron chi connectivity index (χ2n) is 4.32. The average Bonchev–Trinajstić information content (AvgIpc) is 2.22. The summed E-state index contributed by atoms with van der Waals surface area (Å²) in [7, 11) is 0. The lowest BCUT2D eigenvalue weighted by Crippen LogP contribution is -2.57. The lowest BCUT2D eigenvalue weighted by Gasteiger charge is -2.33. The minimum atomic E-state index is -0.367. The van der Waals surface area contributed by atoms with Crippen LogP contribution in [0.3, 0.4) is 0 Å². The van der Waals surface area contributed by atoms with Crippen molar-refractivity contribution in [2.45, 2.75) is 19.9 Å². The van der Waals surface area contributed by atoms with Crippen molar-refractivity contribution in [3.63, 3.8) is 0 Å². The quantitative estimate of drug-likeness (QED) is 0.545. The van der Waals surface area contributed by atoms with Crippen molar-refractivity contribution in [3.8, 4) is 0 Å². The van der Waals surface area contributed by atoms with Crippen LogP contribution in [0.15, 0.2) is 18.2 Å². The summed E-state index contributed by atoms with van der Waals surface area (Å²) < 4.78 is 0. The molecule has 0 bridgehead atoms. The molecule has 1 aromatic carbocycles. The molecule has 5 nitrogen and oxygen atoms in total. The number of hydrogen-bond acceptors (Lipinski definition) is 4. The summed E-state index contributed by atoms with van der Waals surface area (Å²) >= 11 is 0. The maximum absolute atomic E-state index is 11.6. The third-order valence-electron chi connectivity index (χ3n) is 2.84. The number of nitrogens with two attached hydrogens (primary N) is 1. The van der Waals surface area contributed by atoms with Crippen molar-refractivity contribution in [3.05, 3.63) is 23.8 Å². The highest BCUT2D eigenvalue weighted by atomic mass is 16.2. The van der Waals surface area contributed by atoms with Crippen LogP contribution >= 0.6 is 0 Å². The van der Waals surface area contributed by atoms with Gasteiger partial charge in [-0.2, -0.15) is 0 Å². The molecule has 0 aliphatic carbocycles. The molecule has 3 N–H and O–H groups in total. The normalized spacial score (nSPS) is 20.4. The summed E-state index contributed by atoms with van der Waals surface area (Å²) in [5.41, 5.74) is 8.21. The first kappa shape index (κ1) is 11.4. The van der Waals surface area contributed by atoms with E-state index in [2.05, 4.69) is 5.32 Å². The van der Waals surface area contributed by atoms with Crippen molar-refractivity contribution in [1.29, 1.82) is 0 Å². The minimum absolute atomic E-state index is 0.176. The van der Waals surface area contributed by atoms with Gasteiger partial charge in [-0.15, -0.1) is 0 Å². The number of piperazine rings is 1. The molecule has 2 rings (SSSR count). The van der Waals surface area contributed by atoms with Crippen LogP contribution in [-0.4, -0.2) is 24.4 Å². The Kier molecular flexibility index (Phi) is 2.75. The first-order valence-corrected chi connectivity index (χ1v) is 5.45. The van der Waals surface area contributed by atoms with E-state index in [1.807, 2.05) is 19.1 Å². The van der Waals surface area contributed by atoms with Gasteiger partial charge < -0.3 is 10.6 Å². The van der Waals surface area contributed by atoms with E-state index in [1.54, 1.807) is 17.9 Å². The molecule has 1 heterocycles. The molecule has 90 valence electrons. The number of benzene rings is 1. The first-order valence-electron chi connectivity index (χ1n) is 5.45. The molecule has 0 spiro atoms. The molecule has 1 aliphatic rings. The lowest BCUT2D eigenvalue weighted by atomic mass is 10.1. The predicted molar refractivity (Wildman–Crippen MR) is 65.5 cm³/mol. The van der Waals surface area contributed by atoms with Crippen LogP contribution in [0.4, 0.5) is 11.4 Å². The molecule has 1 unspecified atom stereocenters. The van der Waals surface area contributed by atoms with Crippen molar-refractivity contribution in [1.82, 2.24) is 5.32 Å². The van der Waals surface area contributed by atoms with Crippen LogP contribution in [-0.2, 0) is 9.59 Å². The number of anilines is 2. The Morgan fingerprint density at radius 3 is 2.71 bits per heavy atom. The molecule has 2 amide bonds. The van der Waals surface area contributed by atoms with Gasteiger partial charge in [0.05, 0.1) is 6.54 Å². The number of aryl methyl sites for hydroxylation is 1. The Balaban J connectivity index is 2.37. The van der Waals surface area contributed by atoms with Gasteiger partial charge in [-0.25, -0.2) is 0 Å². The Labute approximate surface area is 99.6 Å². The Bertz CT molecular complexity index is 464. The molecular formula is C12H15N3O2. The SMILES string of the molecule is Cc1cc(N)cc(N2CC(=O)NC(=O)C2C)c1. The molecule has 1 saturated heterocycles. The third kappa shape index (κ3) is 2.22. The summed E-state index contributed by atoms with van der Waals surface area (Å²) in [6, 6.07) is 5.17. The Morgan fingerprint density at radius 1 is 1.35 bits per heavy atom. The zero-order chi connectivity index (χ0) is 12.6. The minimum Gasteiger partial charge on any atom is -0.399 e. The Hall–Kier alpha value is -2.04. The summed E-state index contributed by atoms with van der Waals surface area (Å²) in [6.07, 6.45) is 0. The highest BCUT2D eigenvalue weighted by Gasteiger charge is 2.30. The van der Waals surface area contributed by atoms with Crippen molar-refractivity contribution >= 4 is 23.2 Å². The van der Waals surface area contributed by atoms with Gasteiger partial charge in [0, 0.05) is 11.4 Å². The number of amides is 2. The fraction of sp³-hybridized carbons (Fsp3) is 0.333. The number of carbonyl (C=O) groups is 2. The zero-order valence-corrected chi connectivity index (χ0v) is 9.86. The monoisotopic (exact) mass is 233 g/mol. The van der Waals surface area contributed by atoms with E-state index in [0.717, 1.165) is 11.3 Å². The molecule has 1 atom stereocenters. The maximum atomic E-state index is 11.6. The molecule has 17 heavy (non-hydrogen) atoms. The number of imide groups is 1. The Morgan fingerprint density at radius 2 is 2.06 bits per heavy atom. The van der Waals surface area contributed by atoms with E-state index in [9.17, 15) is 9.59 Å². The van der Waals surface area contributed by atoms with Crippen LogP contribution < -0.4 is 16.0 Å². The second-order valence-corrected chi connectivity index (χ2v) is 4.32. The van der Waals surface area contributed by atoms with Crippen molar-refractivity contribution in [2.75, 3.05) is 17.2 Å². The van der Waals surface area contributed by atoms with E-state index >= 15 is 0 Å². The van der Waals surface area contributed by atoms with Crippen molar-refractivity contribution < 1.29 is 9.59 Å². The number of hydrogen-bond donors (Lipinski definition) is 2. The molecule has 0 aromatic heterocycles. The van der Waals surface area contributed by atoms with Gasteiger partial charge in [-0.1, -0.05) is 0 Å². The molecule has 1 aromatic rings. The number of rotatable bonds is 1. The van der Waals surface area contributed by atoms with E-state index in [-0.39, 0.29) is 24.4 Å². The maximum Gasteiger partial charge on any atom is 0.249 e. The van der Waals surface area contributed by atoms with Crippen LogP contribution in [0, 0.1) is 6.92 Å². The van der Waals surface area contributed by atoms with E-state index in [1.165, 1.54) is 0 Å². The lowest BCUT2D eigenvalue weighted by molar-refractivity contribution is -0.132. The first-order chi connectivity index (χ1) is 7.97. The summed E-state index contributed by atoms with van der Waals surface area (Å²) in [4.78, 5) is 24.7. The molecule has 0 saturated carbocycles. The molecule has 0 radical (unpaired) electrons. The summed E-state index contributed by atoms with van der Waals surface area (Å²) in [5.74, 6) is -0.561. The highest BCUT2D eigenvalue weighted by Crippen LogP contribution is 2.23. The van der Waals surface area contributed by atoms with Gasteiger partial charge in [0.2, 0.25) is 11.8 Å². The fourth-order valence-corrected chi connectivity index (χ4v) is 1.99. The topological polar surface area (TPSA) is 75.4 Å². The summed E-state index contributed by atoms with van der Waals surface area (Å²) in [5, 5.41) is 2.31. The van der Waals surface area contributed by atoms with Gasteiger partial charge in [0.25, 0.3) is 0 Å². The molecule has 1 aliphatic heterocycles. The van der Waals surface area contributed by atoms with Gasteiger partial charge in [0.15, 0.2) is 0 Å². The fourth-order valence-electron chi connectivity index (χ4n) is 1.99. The summed E-state index contributed by atoms with van der Waals surface area (Å²) in [6.45, 7) is 3.87. The van der Waals surface area contributed by atoms with Crippen molar-refractivity contribution in [2.24, 2.45) is 0 Å². The van der Waals surface area contributed by atoms with E-state index < -0.39 is 0 Å². The predicted octanol–water partition coefficient (Wildman–Crippen LogP) is 0.429. The van der Waals surface area contributed by atoms with Crippen LogP contribution in [0.1, 0.15) is 12.5 Å². The number of nitrogens with one attached hydrogen (secondary N) is 1. The second kappa shape index (κ2) is 4.08. The standard InChI is InChI=1S/C12H15N3O2/c1-7-3-9(13)5-10(4-7)15-6-11(16)14-12(17)8(15)2/h3-5,8H,6,13H2,1-2H3,(H,14,16,17). The van der Waals surface area contributed by atoms with E-state index in [0.29, 0.717) is 5.69 Å². The van der Waals surface area contributed by atoms with Gasteiger partial charge in [0.1, 0.15) is 6.04 Å². The van der Waals surface area contributed by atoms with Gasteiger partial charge >= 0.3 is 0 Å². The number of nitrogen functional groups attached to an aromatic ring is 1. The smallest absolute Gasteiger partial charge is 0.249 e. The van der Waals surface area contributed by atoms with Gasteiger partial charge in [-0.3, -0.25) is 14.9 Å². The molecular weight excluding hydrogens is 218 g/mol. The third-order valence-corrected chi connectivity index (χ3v) is 2.84. The largest absolute Gasteiger partial charge is 0.399 e. The highest BCUT2D eigenvalue weighted by molar-refractivity contribution is 6.04. The molecule has 1 fully saturated rings. The zero-order valence-electron chi connectivity index (χ0n) is 9.86. The van der Waals surface area contributed by atoms with Crippen LogP contribution in [0.2, 0.25) is 0 Å². The van der Waals surface area contributed by atoms with Crippen LogP contribution in [0.25, 0.3) is 0 Å². The van der Waals surface area contributed by atoms with Gasteiger partial charge in [-0.05, 0) is 37.6 Å².